The number of carbonyl (C=O) groups excluding carboxylic acids is 1. The van der Waals surface area contributed by atoms with E-state index in [0.29, 0.717) is 29.9 Å². The quantitative estimate of drug-likeness (QED) is 0.374. The Kier molecular flexibility index (Phi) is 5.91. The molecule has 1 aromatic heterocycles. The van der Waals surface area contributed by atoms with Gasteiger partial charge in [-0.15, -0.1) is 0 Å². The monoisotopic (exact) mass is 472 g/mol. The molecule has 1 N–H and O–H groups in total. The number of halogens is 1. The molecule has 0 bridgehead atoms. The highest BCUT2D eigenvalue weighted by molar-refractivity contribution is 5.98. The third-order valence-corrected chi connectivity index (χ3v) is 7.44. The number of carbonyl (C=O) groups is 1. The molecule has 1 saturated carbocycles. The number of ether oxygens (including phenoxy) is 1. The third kappa shape index (κ3) is 3.72. The fraction of sp³-hybridized carbons (Fsp3) is 0.345. The van der Waals surface area contributed by atoms with Crippen LogP contribution in [0.2, 0.25) is 0 Å². The standard InChI is InChI=1S/C29H29FN2O3/c1-17(2)35-28-22-13-14-23-18(3)25(34)19(16-33)15-29(23,20-9-5-4-6-10-20)26(22)31-27(32-28)21-11-7-8-12-24(21)30/h4-12,16-18,23,33H,13-15H2,1-3H3/b19-16-/t18-,23-,29+/m0/s1. The van der Waals surface area contributed by atoms with Crippen molar-refractivity contribution in [1.29, 1.82) is 0 Å². The van der Waals surface area contributed by atoms with E-state index in [4.69, 9.17) is 9.72 Å². The highest BCUT2D eigenvalue weighted by atomic mass is 19.1. The van der Waals surface area contributed by atoms with Gasteiger partial charge in [-0.25, -0.2) is 9.37 Å². The molecule has 0 saturated heterocycles. The zero-order valence-electron chi connectivity index (χ0n) is 20.2. The van der Waals surface area contributed by atoms with Crippen molar-refractivity contribution in [2.24, 2.45) is 11.8 Å². The molecule has 5 nitrogen and oxygen atoms in total. The first-order valence-electron chi connectivity index (χ1n) is 12.1. The first-order valence-corrected chi connectivity index (χ1v) is 12.1. The fourth-order valence-corrected chi connectivity index (χ4v) is 5.92. The Morgan fingerprint density at radius 3 is 2.51 bits per heavy atom. The molecule has 0 radical (unpaired) electrons. The van der Waals surface area contributed by atoms with Crippen LogP contribution in [0.15, 0.2) is 66.4 Å². The van der Waals surface area contributed by atoms with E-state index in [9.17, 15) is 14.3 Å². The lowest BCUT2D eigenvalue weighted by Crippen LogP contribution is -2.51. The molecular weight excluding hydrogens is 443 g/mol. The second-order valence-corrected chi connectivity index (χ2v) is 9.79. The minimum absolute atomic E-state index is 0.0328. The summed E-state index contributed by atoms with van der Waals surface area (Å²) in [5, 5.41) is 10.0. The summed E-state index contributed by atoms with van der Waals surface area (Å²) in [5.74, 6) is -0.0777. The molecule has 0 spiro atoms. The largest absolute Gasteiger partial charge is 0.515 e. The van der Waals surface area contributed by atoms with Crippen molar-refractivity contribution in [3.05, 3.63) is 89.1 Å². The van der Waals surface area contributed by atoms with E-state index in [-0.39, 0.29) is 29.5 Å². The van der Waals surface area contributed by atoms with Crippen LogP contribution in [0.3, 0.4) is 0 Å². The summed E-state index contributed by atoms with van der Waals surface area (Å²) in [6, 6.07) is 16.5. The van der Waals surface area contributed by atoms with Gasteiger partial charge in [-0.3, -0.25) is 4.79 Å². The lowest BCUT2D eigenvalue weighted by Gasteiger charge is -2.50. The Labute approximate surface area is 204 Å². The molecule has 1 fully saturated rings. The van der Waals surface area contributed by atoms with Gasteiger partial charge in [0.05, 0.1) is 23.6 Å². The molecule has 2 aliphatic rings. The summed E-state index contributed by atoms with van der Waals surface area (Å²) in [7, 11) is 0. The summed E-state index contributed by atoms with van der Waals surface area (Å²) in [4.78, 5) is 22.8. The number of Topliss-reactive ketones (excluding diaryl/α,β-unsaturated/α-hetero) is 1. The topological polar surface area (TPSA) is 72.3 Å². The minimum Gasteiger partial charge on any atom is -0.515 e. The average Bonchev–Trinajstić information content (AvgIpc) is 2.86. The van der Waals surface area contributed by atoms with Gasteiger partial charge < -0.3 is 9.84 Å². The normalized spacial score (nSPS) is 24.8. The predicted octanol–water partition coefficient (Wildman–Crippen LogP) is 5.97. The molecule has 3 aromatic rings. The van der Waals surface area contributed by atoms with Crippen LogP contribution >= 0.6 is 0 Å². The van der Waals surface area contributed by atoms with E-state index in [1.54, 1.807) is 18.2 Å². The van der Waals surface area contributed by atoms with Gasteiger partial charge in [0, 0.05) is 22.5 Å². The summed E-state index contributed by atoms with van der Waals surface area (Å²) < 4.78 is 21.0. The Morgan fingerprint density at radius 1 is 1.11 bits per heavy atom. The number of hydrogen-bond donors (Lipinski definition) is 1. The van der Waals surface area contributed by atoms with Gasteiger partial charge in [-0.05, 0) is 56.7 Å². The van der Waals surface area contributed by atoms with E-state index in [0.717, 1.165) is 29.5 Å². The van der Waals surface area contributed by atoms with E-state index in [2.05, 4.69) is 4.98 Å². The van der Waals surface area contributed by atoms with Crippen molar-refractivity contribution in [2.75, 3.05) is 0 Å². The molecule has 2 aromatic carbocycles. The molecule has 5 rings (SSSR count). The number of rotatable bonds is 4. The van der Waals surface area contributed by atoms with Crippen LogP contribution < -0.4 is 4.74 Å². The molecule has 3 atom stereocenters. The highest BCUT2D eigenvalue weighted by Crippen LogP contribution is 2.56. The smallest absolute Gasteiger partial charge is 0.220 e. The van der Waals surface area contributed by atoms with E-state index >= 15 is 0 Å². The number of aliphatic hydroxyl groups is 1. The average molecular weight is 473 g/mol. The second kappa shape index (κ2) is 8.91. The van der Waals surface area contributed by atoms with Gasteiger partial charge in [0.25, 0.3) is 0 Å². The number of benzene rings is 2. The van der Waals surface area contributed by atoms with Gasteiger partial charge in [-0.2, -0.15) is 4.98 Å². The van der Waals surface area contributed by atoms with Gasteiger partial charge in [0.1, 0.15) is 5.82 Å². The number of nitrogens with zero attached hydrogens (tertiary/aromatic N) is 2. The number of allylic oxidation sites excluding steroid dienone is 1. The molecular formula is C29H29FN2O3. The van der Waals surface area contributed by atoms with Crippen molar-refractivity contribution in [1.82, 2.24) is 9.97 Å². The SMILES string of the molecule is CC(C)Oc1nc(-c2ccccc2F)nc2c1CC[C@H]1[C@H](C)C(=O)/C(=C\O)C[C@]21c1ccccc1. The van der Waals surface area contributed by atoms with Crippen LogP contribution in [0, 0.1) is 17.7 Å². The van der Waals surface area contributed by atoms with E-state index < -0.39 is 11.2 Å². The Hall–Kier alpha value is -3.54. The zero-order valence-corrected chi connectivity index (χ0v) is 20.2. The van der Waals surface area contributed by atoms with Crippen molar-refractivity contribution < 1.29 is 19.0 Å². The van der Waals surface area contributed by atoms with Crippen LogP contribution in [0.5, 0.6) is 5.88 Å². The van der Waals surface area contributed by atoms with Gasteiger partial charge in [0.15, 0.2) is 11.6 Å². The van der Waals surface area contributed by atoms with Crippen molar-refractivity contribution in [3.63, 3.8) is 0 Å². The van der Waals surface area contributed by atoms with E-state index in [1.807, 2.05) is 51.1 Å². The molecule has 0 unspecified atom stereocenters. The first-order chi connectivity index (χ1) is 16.9. The summed E-state index contributed by atoms with van der Waals surface area (Å²) in [6.45, 7) is 5.80. The Morgan fingerprint density at radius 2 is 1.83 bits per heavy atom. The van der Waals surface area contributed by atoms with Crippen molar-refractivity contribution >= 4 is 5.78 Å². The van der Waals surface area contributed by atoms with Crippen LogP contribution in [-0.2, 0) is 16.6 Å². The van der Waals surface area contributed by atoms with Gasteiger partial charge >= 0.3 is 0 Å². The van der Waals surface area contributed by atoms with Gasteiger partial charge in [0.2, 0.25) is 5.88 Å². The number of aromatic nitrogens is 2. The third-order valence-electron chi connectivity index (χ3n) is 7.44. The Bertz CT molecular complexity index is 1300. The number of aliphatic hydroxyl groups excluding tert-OH is 1. The predicted molar refractivity (Wildman–Crippen MR) is 132 cm³/mol. The fourth-order valence-electron chi connectivity index (χ4n) is 5.92. The second-order valence-electron chi connectivity index (χ2n) is 9.79. The molecule has 2 aliphatic carbocycles. The maximum Gasteiger partial charge on any atom is 0.220 e. The number of hydrogen-bond acceptors (Lipinski definition) is 5. The van der Waals surface area contributed by atoms with Gasteiger partial charge in [-0.1, -0.05) is 49.4 Å². The molecule has 1 heterocycles. The maximum atomic E-state index is 14.9. The molecule has 0 aliphatic heterocycles. The maximum absolute atomic E-state index is 14.9. The van der Waals surface area contributed by atoms with Crippen molar-refractivity contribution in [2.45, 2.75) is 51.6 Å². The zero-order chi connectivity index (χ0) is 24.7. The first kappa shape index (κ1) is 23.2. The molecule has 0 amide bonds. The summed E-state index contributed by atoms with van der Waals surface area (Å²) in [5.41, 5.74) is 2.64. The summed E-state index contributed by atoms with van der Waals surface area (Å²) in [6.07, 6.45) is 2.53. The summed E-state index contributed by atoms with van der Waals surface area (Å²) >= 11 is 0. The highest BCUT2D eigenvalue weighted by Gasteiger charge is 2.55. The number of ketones is 1. The molecule has 35 heavy (non-hydrogen) atoms. The van der Waals surface area contributed by atoms with Crippen LogP contribution in [0.25, 0.3) is 11.4 Å². The van der Waals surface area contributed by atoms with Crippen LogP contribution in [0.4, 0.5) is 4.39 Å². The Balaban J connectivity index is 1.85. The van der Waals surface area contributed by atoms with Crippen molar-refractivity contribution in [3.8, 4) is 17.3 Å². The molecule has 6 heteroatoms. The lowest BCUT2D eigenvalue weighted by atomic mass is 9.52. The number of fused-ring (bicyclic) bond motifs is 3. The molecule has 180 valence electrons. The van der Waals surface area contributed by atoms with Crippen LogP contribution in [-0.4, -0.2) is 27.0 Å². The minimum atomic E-state index is -0.686. The lowest BCUT2D eigenvalue weighted by molar-refractivity contribution is -0.123. The van der Waals surface area contributed by atoms with E-state index in [1.165, 1.54) is 6.07 Å². The van der Waals surface area contributed by atoms with Crippen LogP contribution in [0.1, 0.15) is 50.4 Å².